The Morgan fingerprint density at radius 3 is 1.34 bits per heavy atom. The Balaban J connectivity index is 1.31. The predicted octanol–water partition coefficient (Wildman–Crippen LogP) is 10.5. The van der Waals surface area contributed by atoms with Crippen molar-refractivity contribution in [2.45, 2.75) is 0 Å². The van der Waals surface area contributed by atoms with E-state index in [1.807, 2.05) is 45.3 Å². The lowest BCUT2D eigenvalue weighted by Crippen LogP contribution is -1.77. The molecule has 0 radical (unpaired) electrons. The molecule has 4 heteroatoms. The standard InChI is InChI=1S/C28H14S4/c1-3-19-21-13-23-17(5-7-29-23)11-27(21)31-25(19)9-15(1)16-2-4-20-22-14-24-18(6-8-30-24)12-28(22)32-26(20)10-16/h1-14H. The van der Waals surface area contributed by atoms with Crippen LogP contribution in [0, 0.1) is 0 Å². The van der Waals surface area contributed by atoms with E-state index in [2.05, 4.69) is 83.6 Å². The summed E-state index contributed by atoms with van der Waals surface area (Å²) in [7, 11) is 0. The third kappa shape index (κ3) is 2.46. The van der Waals surface area contributed by atoms with Gasteiger partial charge in [-0.05, 0) is 81.2 Å². The fourth-order valence-electron chi connectivity index (χ4n) is 4.82. The molecule has 32 heavy (non-hydrogen) atoms. The largest absolute Gasteiger partial charge is 0.144 e. The highest BCUT2D eigenvalue weighted by atomic mass is 32.1. The SMILES string of the molecule is c1cc2cc3sc4cc(-c5ccc6c(c5)sc5cc7ccsc7cc56)ccc4c3cc2s1. The van der Waals surface area contributed by atoms with Crippen molar-refractivity contribution < 1.29 is 0 Å². The summed E-state index contributed by atoms with van der Waals surface area (Å²) in [6, 6.07) is 27.8. The Kier molecular flexibility index (Phi) is 3.55. The van der Waals surface area contributed by atoms with Crippen LogP contribution in [0.25, 0.3) is 71.6 Å². The molecule has 0 N–H and O–H groups in total. The molecule has 4 aromatic heterocycles. The van der Waals surface area contributed by atoms with Gasteiger partial charge in [0.2, 0.25) is 0 Å². The Morgan fingerprint density at radius 2 is 0.844 bits per heavy atom. The molecular weight excluding hydrogens is 465 g/mol. The van der Waals surface area contributed by atoms with Crippen LogP contribution < -0.4 is 0 Å². The second kappa shape index (κ2) is 6.40. The molecular formula is C28H14S4. The zero-order chi connectivity index (χ0) is 20.8. The Hall–Kier alpha value is -2.76. The molecule has 0 fully saturated rings. The minimum absolute atomic E-state index is 1.30. The van der Waals surface area contributed by atoms with Crippen LogP contribution in [0.3, 0.4) is 0 Å². The maximum absolute atomic E-state index is 2.37. The van der Waals surface area contributed by atoms with Crippen LogP contribution >= 0.6 is 45.3 Å². The number of fused-ring (bicyclic) bond motifs is 8. The van der Waals surface area contributed by atoms with E-state index in [-0.39, 0.29) is 0 Å². The third-order valence-corrected chi connectivity index (χ3v) is 10.4. The van der Waals surface area contributed by atoms with Crippen LogP contribution in [0.15, 0.2) is 83.6 Å². The zero-order valence-electron chi connectivity index (χ0n) is 16.7. The summed E-state index contributed by atoms with van der Waals surface area (Å²) in [5.41, 5.74) is 2.59. The van der Waals surface area contributed by atoms with Crippen molar-refractivity contribution in [1.82, 2.24) is 0 Å². The van der Waals surface area contributed by atoms with E-state index < -0.39 is 0 Å². The van der Waals surface area contributed by atoms with Gasteiger partial charge in [-0.1, -0.05) is 24.3 Å². The second-order valence-corrected chi connectivity index (χ2v) is 12.3. The van der Waals surface area contributed by atoms with E-state index >= 15 is 0 Å². The van der Waals surface area contributed by atoms with Crippen molar-refractivity contribution in [2.75, 3.05) is 0 Å². The van der Waals surface area contributed by atoms with Crippen LogP contribution in [0.5, 0.6) is 0 Å². The van der Waals surface area contributed by atoms with Crippen molar-refractivity contribution in [1.29, 1.82) is 0 Å². The molecule has 4 heterocycles. The fourth-order valence-corrected chi connectivity index (χ4v) is 8.79. The maximum atomic E-state index is 2.37. The van der Waals surface area contributed by atoms with E-state index in [4.69, 9.17) is 0 Å². The summed E-state index contributed by atoms with van der Waals surface area (Å²) in [6.07, 6.45) is 0. The number of thiophene rings is 4. The topological polar surface area (TPSA) is 0 Å². The molecule has 150 valence electrons. The highest BCUT2D eigenvalue weighted by Gasteiger charge is 2.11. The first-order valence-corrected chi connectivity index (χ1v) is 13.9. The van der Waals surface area contributed by atoms with Gasteiger partial charge < -0.3 is 0 Å². The minimum Gasteiger partial charge on any atom is -0.144 e. The summed E-state index contributed by atoms with van der Waals surface area (Å²) >= 11 is 7.46. The minimum atomic E-state index is 1.30. The van der Waals surface area contributed by atoms with Gasteiger partial charge in [0.1, 0.15) is 0 Å². The van der Waals surface area contributed by atoms with E-state index in [9.17, 15) is 0 Å². The highest BCUT2D eigenvalue weighted by Crippen LogP contribution is 2.42. The van der Waals surface area contributed by atoms with Crippen molar-refractivity contribution in [2.24, 2.45) is 0 Å². The lowest BCUT2D eigenvalue weighted by molar-refractivity contribution is 1.73. The molecule has 0 aliphatic heterocycles. The normalized spacial score (nSPS) is 12.4. The van der Waals surface area contributed by atoms with Gasteiger partial charge in [0.15, 0.2) is 0 Å². The first-order valence-electron chi connectivity index (χ1n) is 10.5. The Morgan fingerprint density at radius 1 is 0.375 bits per heavy atom. The first-order chi connectivity index (χ1) is 15.8. The monoisotopic (exact) mass is 478 g/mol. The van der Waals surface area contributed by atoms with Crippen molar-refractivity contribution in [3.63, 3.8) is 0 Å². The number of hydrogen-bond donors (Lipinski definition) is 0. The first kappa shape index (κ1) is 17.8. The van der Waals surface area contributed by atoms with Crippen LogP contribution in [-0.2, 0) is 0 Å². The van der Waals surface area contributed by atoms with Crippen LogP contribution in [-0.4, -0.2) is 0 Å². The Labute approximate surface area is 199 Å². The van der Waals surface area contributed by atoms with Gasteiger partial charge in [-0.15, -0.1) is 45.3 Å². The van der Waals surface area contributed by atoms with Crippen molar-refractivity contribution in [3.05, 3.63) is 83.6 Å². The van der Waals surface area contributed by atoms with Gasteiger partial charge in [-0.25, -0.2) is 0 Å². The highest BCUT2D eigenvalue weighted by molar-refractivity contribution is 7.26. The van der Waals surface area contributed by atoms with Gasteiger partial charge in [-0.3, -0.25) is 0 Å². The molecule has 0 amide bonds. The van der Waals surface area contributed by atoms with Crippen LogP contribution in [0.2, 0.25) is 0 Å². The number of rotatable bonds is 1. The summed E-state index contributed by atoms with van der Waals surface area (Å²) in [4.78, 5) is 0. The molecule has 0 saturated carbocycles. The van der Waals surface area contributed by atoms with E-state index in [1.165, 1.54) is 71.6 Å². The molecule has 0 spiro atoms. The molecule has 0 aliphatic carbocycles. The quantitative estimate of drug-likeness (QED) is 0.220. The number of benzene rings is 4. The van der Waals surface area contributed by atoms with Gasteiger partial charge in [0, 0.05) is 49.7 Å². The fraction of sp³-hybridized carbons (Fsp3) is 0. The lowest BCUT2D eigenvalue weighted by Gasteiger charge is -2.03. The van der Waals surface area contributed by atoms with Gasteiger partial charge in [0.25, 0.3) is 0 Å². The van der Waals surface area contributed by atoms with Gasteiger partial charge >= 0.3 is 0 Å². The number of hydrogen-bond acceptors (Lipinski definition) is 4. The van der Waals surface area contributed by atoms with E-state index in [0.29, 0.717) is 0 Å². The molecule has 8 rings (SSSR count). The molecule has 0 nitrogen and oxygen atoms in total. The molecule has 8 aromatic rings. The summed E-state index contributed by atoms with van der Waals surface area (Å²) in [5.74, 6) is 0. The molecule has 0 aliphatic rings. The van der Waals surface area contributed by atoms with Crippen LogP contribution in [0.1, 0.15) is 0 Å². The lowest BCUT2D eigenvalue weighted by atomic mass is 10.0. The van der Waals surface area contributed by atoms with Gasteiger partial charge in [0.05, 0.1) is 0 Å². The molecule has 4 aromatic carbocycles. The molecule has 0 saturated heterocycles. The molecule has 0 unspecified atom stereocenters. The second-order valence-electron chi connectivity index (χ2n) is 8.24. The van der Waals surface area contributed by atoms with Crippen LogP contribution in [0.4, 0.5) is 0 Å². The van der Waals surface area contributed by atoms with Crippen molar-refractivity contribution in [3.8, 4) is 11.1 Å². The smallest absolute Gasteiger partial charge is 0.0362 e. The third-order valence-electron chi connectivity index (χ3n) is 6.43. The zero-order valence-corrected chi connectivity index (χ0v) is 20.0. The predicted molar refractivity (Wildman–Crippen MR) is 148 cm³/mol. The summed E-state index contributed by atoms with van der Waals surface area (Å²) in [5, 5.41) is 12.6. The Bertz CT molecular complexity index is 1840. The summed E-state index contributed by atoms with van der Waals surface area (Å²) < 4.78 is 8.23. The molecule has 0 bridgehead atoms. The average Bonchev–Trinajstić information content (AvgIpc) is 3.58. The van der Waals surface area contributed by atoms with E-state index in [0.717, 1.165) is 0 Å². The summed E-state index contributed by atoms with van der Waals surface area (Å²) in [6.45, 7) is 0. The van der Waals surface area contributed by atoms with Crippen molar-refractivity contribution >= 4 is 106 Å². The van der Waals surface area contributed by atoms with Gasteiger partial charge in [-0.2, -0.15) is 0 Å². The maximum Gasteiger partial charge on any atom is 0.0362 e. The molecule has 0 atom stereocenters. The van der Waals surface area contributed by atoms with E-state index in [1.54, 1.807) is 0 Å². The average molecular weight is 479 g/mol.